The molecule has 0 atom stereocenters. The van der Waals surface area contributed by atoms with E-state index >= 15 is 0 Å². The molecule has 0 spiro atoms. The molecule has 0 unspecified atom stereocenters. The summed E-state index contributed by atoms with van der Waals surface area (Å²) in [4.78, 5) is 4.15. The Labute approximate surface area is 91.3 Å². The highest BCUT2D eigenvalue weighted by Gasteiger charge is 2.05. The first-order chi connectivity index (χ1) is 6.22. The SMILES string of the molecule is N#Cc1cc(Br)c2ncc(Br)n2c1. The first-order valence-corrected chi connectivity index (χ1v) is 5.03. The van der Waals surface area contributed by atoms with Crippen LogP contribution in [0.5, 0.6) is 0 Å². The molecule has 2 heterocycles. The molecule has 64 valence electrons. The molecule has 0 amide bonds. The van der Waals surface area contributed by atoms with E-state index in [1.807, 2.05) is 4.40 Å². The molecule has 2 rings (SSSR count). The van der Waals surface area contributed by atoms with Crippen LogP contribution in [0, 0.1) is 11.3 Å². The van der Waals surface area contributed by atoms with Gasteiger partial charge in [-0.05, 0) is 37.9 Å². The van der Waals surface area contributed by atoms with Crippen molar-refractivity contribution in [1.29, 1.82) is 5.26 Å². The fraction of sp³-hybridized carbons (Fsp3) is 0. The third kappa shape index (κ3) is 1.36. The number of fused-ring (bicyclic) bond motifs is 1. The van der Waals surface area contributed by atoms with E-state index in [1.54, 1.807) is 18.5 Å². The van der Waals surface area contributed by atoms with Gasteiger partial charge in [0.05, 0.1) is 16.2 Å². The fourth-order valence-electron chi connectivity index (χ4n) is 1.08. The molecule has 13 heavy (non-hydrogen) atoms. The average Bonchev–Trinajstić information content (AvgIpc) is 2.48. The van der Waals surface area contributed by atoms with Gasteiger partial charge in [-0.2, -0.15) is 5.26 Å². The van der Waals surface area contributed by atoms with Gasteiger partial charge in [0, 0.05) is 6.20 Å². The Morgan fingerprint density at radius 3 is 2.92 bits per heavy atom. The van der Waals surface area contributed by atoms with Gasteiger partial charge in [-0.1, -0.05) is 0 Å². The average molecular weight is 301 g/mol. The van der Waals surface area contributed by atoms with E-state index < -0.39 is 0 Å². The Kier molecular flexibility index (Phi) is 2.10. The second-order valence-corrected chi connectivity index (χ2v) is 4.13. The van der Waals surface area contributed by atoms with Crippen molar-refractivity contribution in [2.24, 2.45) is 0 Å². The van der Waals surface area contributed by atoms with E-state index in [-0.39, 0.29) is 0 Å². The minimum absolute atomic E-state index is 0.595. The normalized spacial score (nSPS) is 10.2. The lowest BCUT2D eigenvalue weighted by molar-refractivity contribution is 1.14. The molecular formula is C8H3Br2N3. The summed E-state index contributed by atoms with van der Waals surface area (Å²) in [6, 6.07) is 3.82. The van der Waals surface area contributed by atoms with Crippen LogP contribution in [0.15, 0.2) is 27.5 Å². The summed E-state index contributed by atoms with van der Waals surface area (Å²) in [5, 5.41) is 8.73. The monoisotopic (exact) mass is 299 g/mol. The molecule has 0 saturated carbocycles. The summed E-state index contributed by atoms with van der Waals surface area (Å²) in [5.74, 6) is 0. The topological polar surface area (TPSA) is 41.1 Å². The van der Waals surface area contributed by atoms with Crippen LogP contribution in [-0.2, 0) is 0 Å². The predicted molar refractivity (Wildman–Crippen MR) is 55.3 cm³/mol. The van der Waals surface area contributed by atoms with Crippen molar-refractivity contribution in [3.8, 4) is 6.07 Å². The summed E-state index contributed by atoms with van der Waals surface area (Å²) in [6.07, 6.45) is 3.43. The van der Waals surface area contributed by atoms with Crippen LogP contribution in [0.25, 0.3) is 5.65 Å². The molecule has 0 fully saturated rings. The van der Waals surface area contributed by atoms with E-state index in [1.165, 1.54) is 0 Å². The number of halogens is 2. The number of rotatable bonds is 0. The molecule has 0 aromatic carbocycles. The van der Waals surface area contributed by atoms with Crippen LogP contribution in [0.2, 0.25) is 0 Å². The molecule has 0 N–H and O–H groups in total. The van der Waals surface area contributed by atoms with Crippen LogP contribution in [0.1, 0.15) is 5.56 Å². The minimum atomic E-state index is 0.595. The van der Waals surface area contributed by atoms with Crippen molar-refractivity contribution in [2.45, 2.75) is 0 Å². The van der Waals surface area contributed by atoms with Crippen molar-refractivity contribution >= 4 is 37.5 Å². The van der Waals surface area contributed by atoms with Crippen molar-refractivity contribution < 1.29 is 0 Å². The standard InChI is InChI=1S/C8H3Br2N3/c9-6-1-5(2-11)4-13-7(10)3-12-8(6)13/h1,3-4H. The van der Waals surface area contributed by atoms with E-state index in [9.17, 15) is 0 Å². The molecule has 0 aliphatic rings. The Morgan fingerprint density at radius 1 is 1.46 bits per heavy atom. The van der Waals surface area contributed by atoms with Crippen molar-refractivity contribution in [3.05, 3.63) is 33.1 Å². The number of hydrogen-bond donors (Lipinski definition) is 0. The quantitative estimate of drug-likeness (QED) is 0.750. The predicted octanol–water partition coefficient (Wildman–Crippen LogP) is 2.73. The van der Waals surface area contributed by atoms with Crippen LogP contribution in [0.3, 0.4) is 0 Å². The Hall–Kier alpha value is -0.860. The maximum Gasteiger partial charge on any atom is 0.152 e. The van der Waals surface area contributed by atoms with Crippen molar-refractivity contribution in [2.75, 3.05) is 0 Å². The third-order valence-electron chi connectivity index (χ3n) is 1.64. The number of nitrogens with zero attached hydrogens (tertiary/aromatic N) is 3. The molecule has 2 aromatic rings. The maximum atomic E-state index is 8.73. The van der Waals surface area contributed by atoms with E-state index in [4.69, 9.17) is 5.26 Å². The van der Waals surface area contributed by atoms with Gasteiger partial charge < -0.3 is 0 Å². The lowest BCUT2D eigenvalue weighted by atomic mass is 10.3. The number of nitriles is 1. The van der Waals surface area contributed by atoms with E-state index in [0.29, 0.717) is 5.56 Å². The summed E-state index contributed by atoms with van der Waals surface area (Å²) in [6.45, 7) is 0. The first kappa shape index (κ1) is 8.73. The zero-order valence-electron chi connectivity index (χ0n) is 6.33. The van der Waals surface area contributed by atoms with Gasteiger partial charge in [0.15, 0.2) is 5.65 Å². The van der Waals surface area contributed by atoms with Crippen LogP contribution in [-0.4, -0.2) is 9.38 Å². The molecular weight excluding hydrogens is 298 g/mol. The van der Waals surface area contributed by atoms with Crippen LogP contribution >= 0.6 is 31.9 Å². The number of pyridine rings is 1. The Bertz CT molecular complexity index is 510. The summed E-state index contributed by atoms with van der Waals surface area (Å²) < 4.78 is 3.46. The highest BCUT2D eigenvalue weighted by Crippen LogP contribution is 2.22. The smallest absolute Gasteiger partial charge is 0.152 e. The molecule has 0 radical (unpaired) electrons. The summed E-state index contributed by atoms with van der Waals surface area (Å²) >= 11 is 6.68. The molecule has 3 nitrogen and oxygen atoms in total. The van der Waals surface area contributed by atoms with Gasteiger partial charge in [0.25, 0.3) is 0 Å². The van der Waals surface area contributed by atoms with Crippen molar-refractivity contribution in [1.82, 2.24) is 9.38 Å². The zero-order chi connectivity index (χ0) is 9.42. The highest BCUT2D eigenvalue weighted by atomic mass is 79.9. The van der Waals surface area contributed by atoms with E-state index in [0.717, 1.165) is 14.7 Å². The Balaban J connectivity index is 2.90. The molecule has 0 aliphatic carbocycles. The van der Waals surface area contributed by atoms with Gasteiger partial charge in [-0.15, -0.1) is 0 Å². The van der Waals surface area contributed by atoms with Crippen LogP contribution < -0.4 is 0 Å². The number of imidazole rings is 1. The lowest BCUT2D eigenvalue weighted by Gasteiger charge is -1.98. The van der Waals surface area contributed by atoms with E-state index in [2.05, 4.69) is 42.9 Å². The molecule has 0 aliphatic heterocycles. The second-order valence-electron chi connectivity index (χ2n) is 2.46. The lowest BCUT2D eigenvalue weighted by Crippen LogP contribution is -1.88. The first-order valence-electron chi connectivity index (χ1n) is 3.44. The van der Waals surface area contributed by atoms with Gasteiger partial charge in [0.1, 0.15) is 10.7 Å². The molecule has 5 heteroatoms. The highest BCUT2D eigenvalue weighted by molar-refractivity contribution is 9.11. The maximum absolute atomic E-state index is 8.73. The molecule has 0 saturated heterocycles. The third-order valence-corrected chi connectivity index (χ3v) is 2.82. The summed E-state index contributed by atoms with van der Waals surface area (Å²) in [7, 11) is 0. The van der Waals surface area contributed by atoms with Gasteiger partial charge >= 0.3 is 0 Å². The number of aromatic nitrogens is 2. The molecule has 0 bridgehead atoms. The second kappa shape index (κ2) is 3.13. The minimum Gasteiger partial charge on any atom is -0.292 e. The van der Waals surface area contributed by atoms with Crippen molar-refractivity contribution in [3.63, 3.8) is 0 Å². The largest absolute Gasteiger partial charge is 0.292 e. The summed E-state index contributed by atoms with van der Waals surface area (Å²) in [5.41, 5.74) is 1.39. The van der Waals surface area contributed by atoms with Crippen LogP contribution in [0.4, 0.5) is 0 Å². The zero-order valence-corrected chi connectivity index (χ0v) is 9.50. The Morgan fingerprint density at radius 2 is 2.23 bits per heavy atom. The molecule has 2 aromatic heterocycles. The number of hydrogen-bond acceptors (Lipinski definition) is 2. The van der Waals surface area contributed by atoms with Gasteiger partial charge in [0.2, 0.25) is 0 Å². The van der Waals surface area contributed by atoms with Gasteiger partial charge in [-0.3, -0.25) is 4.40 Å². The van der Waals surface area contributed by atoms with Gasteiger partial charge in [-0.25, -0.2) is 4.98 Å². The fourth-order valence-corrected chi connectivity index (χ4v) is 1.99.